The number of nitrogens with zero attached hydrogens (tertiary/aromatic N) is 2. The first-order chi connectivity index (χ1) is 8.57. The Balaban J connectivity index is 2.74. The zero-order valence-corrected chi connectivity index (χ0v) is 11.4. The Morgan fingerprint density at radius 2 is 1.67 bits per heavy atom. The molecule has 104 valence electrons. The van der Waals surface area contributed by atoms with Crippen molar-refractivity contribution in [1.82, 2.24) is 4.90 Å². The molecule has 18 heavy (non-hydrogen) atoms. The summed E-state index contributed by atoms with van der Waals surface area (Å²) in [5, 5.41) is 11.8. The minimum Gasteiger partial charge on any atom is -0.409 e. The molecule has 1 rings (SSSR count). The summed E-state index contributed by atoms with van der Waals surface area (Å²) in [7, 11) is 0. The van der Waals surface area contributed by atoms with Crippen LogP contribution in [0.4, 0.5) is 0 Å². The van der Waals surface area contributed by atoms with E-state index >= 15 is 0 Å². The summed E-state index contributed by atoms with van der Waals surface area (Å²) in [6, 6.07) is 0. The van der Waals surface area contributed by atoms with E-state index in [0.717, 1.165) is 25.9 Å². The summed E-state index contributed by atoms with van der Waals surface area (Å²) < 4.78 is 0. The van der Waals surface area contributed by atoms with Gasteiger partial charge in [-0.25, -0.2) is 0 Å². The van der Waals surface area contributed by atoms with Gasteiger partial charge in [0, 0.05) is 13.1 Å². The van der Waals surface area contributed by atoms with Crippen molar-refractivity contribution in [2.24, 2.45) is 22.7 Å². The molecule has 1 amide bonds. The van der Waals surface area contributed by atoms with Crippen molar-refractivity contribution >= 4 is 11.7 Å². The second-order valence-electron chi connectivity index (χ2n) is 5.34. The fourth-order valence-electron chi connectivity index (χ4n) is 2.48. The van der Waals surface area contributed by atoms with Crippen LogP contribution in [-0.4, -0.2) is 34.9 Å². The highest BCUT2D eigenvalue weighted by molar-refractivity contribution is 6.02. The number of hydrogen-bond donors (Lipinski definition) is 2. The summed E-state index contributed by atoms with van der Waals surface area (Å²) >= 11 is 0. The number of amidine groups is 1. The van der Waals surface area contributed by atoms with Gasteiger partial charge < -0.3 is 15.8 Å². The van der Waals surface area contributed by atoms with Gasteiger partial charge in [0.2, 0.25) is 5.91 Å². The van der Waals surface area contributed by atoms with E-state index in [4.69, 9.17) is 10.9 Å². The lowest BCUT2D eigenvalue weighted by atomic mass is 9.92. The molecule has 1 unspecified atom stereocenters. The van der Waals surface area contributed by atoms with Crippen molar-refractivity contribution in [3.8, 4) is 0 Å². The highest BCUT2D eigenvalue weighted by atomic mass is 16.4. The van der Waals surface area contributed by atoms with Crippen molar-refractivity contribution in [3.63, 3.8) is 0 Å². The van der Waals surface area contributed by atoms with Gasteiger partial charge in [-0.3, -0.25) is 4.79 Å². The maximum absolute atomic E-state index is 12.5. The van der Waals surface area contributed by atoms with Gasteiger partial charge in [0.05, 0.1) is 0 Å². The number of rotatable bonds is 3. The van der Waals surface area contributed by atoms with Gasteiger partial charge in [0.25, 0.3) is 0 Å². The molecule has 1 saturated heterocycles. The van der Waals surface area contributed by atoms with Crippen LogP contribution in [0.1, 0.15) is 46.0 Å². The van der Waals surface area contributed by atoms with E-state index < -0.39 is 5.92 Å². The fourth-order valence-corrected chi connectivity index (χ4v) is 2.48. The molecule has 5 nitrogen and oxygen atoms in total. The smallest absolute Gasteiger partial charge is 0.233 e. The lowest BCUT2D eigenvalue weighted by molar-refractivity contribution is -0.134. The first-order valence-electron chi connectivity index (χ1n) is 6.84. The molecular weight excluding hydrogens is 230 g/mol. The molecule has 1 aliphatic rings. The Hall–Kier alpha value is -1.26. The highest BCUT2D eigenvalue weighted by Gasteiger charge is 2.30. The predicted molar refractivity (Wildman–Crippen MR) is 71.4 cm³/mol. The van der Waals surface area contributed by atoms with Crippen LogP contribution in [0.2, 0.25) is 0 Å². The van der Waals surface area contributed by atoms with Crippen LogP contribution in [0.15, 0.2) is 5.16 Å². The van der Waals surface area contributed by atoms with E-state index in [9.17, 15) is 4.79 Å². The van der Waals surface area contributed by atoms with Gasteiger partial charge in [0.15, 0.2) is 5.84 Å². The Labute approximate surface area is 109 Å². The number of likely N-dealkylation sites (tertiary alicyclic amines) is 1. The number of carbonyl (C=O) groups is 1. The Morgan fingerprint density at radius 3 is 2.11 bits per heavy atom. The second kappa shape index (κ2) is 7.24. The minimum absolute atomic E-state index is 0.00204. The third-order valence-electron chi connectivity index (χ3n) is 3.53. The monoisotopic (exact) mass is 255 g/mol. The third kappa shape index (κ3) is 3.89. The number of hydrogen-bond acceptors (Lipinski definition) is 3. The van der Waals surface area contributed by atoms with E-state index in [-0.39, 0.29) is 17.7 Å². The maximum Gasteiger partial charge on any atom is 0.233 e. The normalized spacial score (nSPS) is 20.4. The van der Waals surface area contributed by atoms with Gasteiger partial charge in [-0.2, -0.15) is 0 Å². The lowest BCUT2D eigenvalue weighted by Gasteiger charge is -2.29. The molecule has 0 saturated carbocycles. The Bertz CT molecular complexity index is 295. The van der Waals surface area contributed by atoms with E-state index in [1.807, 2.05) is 18.7 Å². The standard InChI is InChI=1S/C13H25N3O2/c1-10(2)11(12(14)15-18)13(17)16-8-6-4-3-5-7-9-16/h10-11,18H,3-9H2,1-2H3,(H2,14,15). The average Bonchev–Trinajstić information content (AvgIpc) is 2.27. The minimum atomic E-state index is -0.505. The summed E-state index contributed by atoms with van der Waals surface area (Å²) in [4.78, 5) is 14.3. The summed E-state index contributed by atoms with van der Waals surface area (Å²) in [6.45, 7) is 5.43. The molecule has 0 aliphatic carbocycles. The van der Waals surface area contributed by atoms with Crippen LogP contribution in [0.25, 0.3) is 0 Å². The highest BCUT2D eigenvalue weighted by Crippen LogP contribution is 2.18. The number of nitrogens with two attached hydrogens (primary N) is 1. The van der Waals surface area contributed by atoms with E-state index in [2.05, 4.69) is 5.16 Å². The van der Waals surface area contributed by atoms with E-state index in [1.54, 1.807) is 0 Å². The molecule has 0 spiro atoms. The summed E-state index contributed by atoms with van der Waals surface area (Å²) in [6.07, 6.45) is 5.72. The van der Waals surface area contributed by atoms with Gasteiger partial charge >= 0.3 is 0 Å². The molecule has 3 N–H and O–H groups in total. The first-order valence-corrected chi connectivity index (χ1v) is 6.84. The van der Waals surface area contributed by atoms with Gasteiger partial charge in [-0.05, 0) is 18.8 Å². The van der Waals surface area contributed by atoms with E-state index in [0.29, 0.717) is 0 Å². The molecule has 1 heterocycles. The van der Waals surface area contributed by atoms with Crippen LogP contribution >= 0.6 is 0 Å². The van der Waals surface area contributed by atoms with Gasteiger partial charge in [0.1, 0.15) is 5.92 Å². The van der Waals surface area contributed by atoms with Gasteiger partial charge in [-0.1, -0.05) is 38.3 Å². The van der Waals surface area contributed by atoms with Crippen molar-refractivity contribution < 1.29 is 10.0 Å². The Kier molecular flexibility index (Phi) is 5.95. The molecule has 1 atom stereocenters. The van der Waals surface area contributed by atoms with Crippen molar-refractivity contribution in [2.75, 3.05) is 13.1 Å². The van der Waals surface area contributed by atoms with E-state index in [1.165, 1.54) is 19.3 Å². The zero-order valence-electron chi connectivity index (χ0n) is 11.4. The van der Waals surface area contributed by atoms with Crippen LogP contribution in [0, 0.1) is 11.8 Å². The number of carbonyl (C=O) groups excluding carboxylic acids is 1. The van der Waals surface area contributed by atoms with Gasteiger partial charge in [-0.15, -0.1) is 0 Å². The largest absolute Gasteiger partial charge is 0.409 e. The molecule has 0 aromatic rings. The molecule has 0 bridgehead atoms. The molecule has 0 aromatic heterocycles. The SMILES string of the molecule is CC(C)C(C(=O)N1CCCCCCC1)C(N)=NO. The average molecular weight is 255 g/mol. The molecule has 0 radical (unpaired) electrons. The first kappa shape index (κ1) is 14.8. The molecule has 0 aromatic carbocycles. The molecular formula is C13H25N3O2. The zero-order chi connectivity index (χ0) is 13.5. The van der Waals surface area contributed by atoms with Crippen molar-refractivity contribution in [1.29, 1.82) is 0 Å². The van der Waals surface area contributed by atoms with Crippen LogP contribution < -0.4 is 5.73 Å². The quantitative estimate of drug-likeness (QED) is 0.349. The fraction of sp³-hybridized carbons (Fsp3) is 0.846. The summed E-state index contributed by atoms with van der Waals surface area (Å²) in [5.41, 5.74) is 5.65. The Morgan fingerprint density at radius 1 is 1.17 bits per heavy atom. The third-order valence-corrected chi connectivity index (χ3v) is 3.53. The van der Waals surface area contributed by atoms with Crippen LogP contribution in [0.3, 0.4) is 0 Å². The molecule has 1 fully saturated rings. The molecule has 5 heteroatoms. The topological polar surface area (TPSA) is 78.9 Å². The van der Waals surface area contributed by atoms with Crippen LogP contribution in [0.5, 0.6) is 0 Å². The number of oxime groups is 1. The second-order valence-corrected chi connectivity index (χ2v) is 5.34. The molecule has 1 aliphatic heterocycles. The predicted octanol–water partition coefficient (Wildman–Crippen LogP) is 1.80. The maximum atomic E-state index is 12.5. The summed E-state index contributed by atoms with van der Waals surface area (Å²) in [5.74, 6) is -0.437. The van der Waals surface area contributed by atoms with Crippen molar-refractivity contribution in [3.05, 3.63) is 0 Å². The van der Waals surface area contributed by atoms with Crippen molar-refractivity contribution in [2.45, 2.75) is 46.0 Å². The number of amides is 1. The van der Waals surface area contributed by atoms with Crippen LogP contribution in [-0.2, 0) is 4.79 Å². The lowest BCUT2D eigenvalue weighted by Crippen LogP contribution is -2.45.